The Hall–Kier alpha value is -2.40. The summed E-state index contributed by atoms with van der Waals surface area (Å²) in [5.41, 5.74) is 2.08. The Bertz CT molecular complexity index is 576. The van der Waals surface area contributed by atoms with E-state index in [1.165, 1.54) is 0 Å². The number of amides is 2. The molecule has 2 rings (SSSR count). The molecule has 0 aliphatic rings. The molecular formula is C19H26N4O. The quantitative estimate of drug-likeness (QED) is 0.851. The van der Waals surface area contributed by atoms with Crippen LogP contribution in [-0.4, -0.2) is 54.5 Å². The Morgan fingerprint density at radius 3 is 2.25 bits per heavy atom. The molecule has 1 N–H and O–H groups in total. The van der Waals surface area contributed by atoms with E-state index in [1.54, 1.807) is 12.4 Å². The minimum Gasteiger partial charge on any atom is -0.327 e. The molecule has 0 aliphatic carbocycles. The Morgan fingerprint density at radius 2 is 1.67 bits per heavy atom. The number of urea groups is 1. The maximum atomic E-state index is 12.7. The molecule has 0 aliphatic heterocycles. The van der Waals surface area contributed by atoms with Crippen molar-refractivity contribution in [1.82, 2.24) is 20.1 Å². The summed E-state index contributed by atoms with van der Waals surface area (Å²) in [5.74, 6) is 0. The summed E-state index contributed by atoms with van der Waals surface area (Å²) >= 11 is 0. The van der Waals surface area contributed by atoms with Crippen molar-refractivity contribution in [2.75, 3.05) is 33.7 Å². The summed E-state index contributed by atoms with van der Waals surface area (Å²) in [7, 11) is 4.02. The van der Waals surface area contributed by atoms with E-state index in [2.05, 4.69) is 15.2 Å². The van der Waals surface area contributed by atoms with E-state index in [4.69, 9.17) is 0 Å². The van der Waals surface area contributed by atoms with E-state index in [-0.39, 0.29) is 12.1 Å². The molecule has 0 saturated heterocycles. The molecule has 2 aromatic rings. The van der Waals surface area contributed by atoms with E-state index in [9.17, 15) is 4.79 Å². The zero-order chi connectivity index (χ0) is 17.4. The Kier molecular flexibility index (Phi) is 6.75. The zero-order valence-electron chi connectivity index (χ0n) is 14.6. The third-order valence-corrected chi connectivity index (χ3v) is 3.93. The van der Waals surface area contributed by atoms with Crippen molar-refractivity contribution in [3.8, 4) is 0 Å². The van der Waals surface area contributed by atoms with Gasteiger partial charge in [0.25, 0.3) is 0 Å². The molecule has 0 bridgehead atoms. The smallest absolute Gasteiger partial charge is 0.318 e. The minimum atomic E-state index is -0.185. The molecule has 1 aromatic heterocycles. The molecule has 0 fully saturated rings. The SMILES string of the molecule is CCN(CCN(C)C)C(=O)NC(c1ccccc1)c1ccncc1. The number of benzene rings is 1. The highest BCUT2D eigenvalue weighted by molar-refractivity contribution is 5.75. The highest BCUT2D eigenvalue weighted by Crippen LogP contribution is 2.21. The number of carbonyl (C=O) groups is 1. The van der Waals surface area contributed by atoms with Crippen molar-refractivity contribution < 1.29 is 4.79 Å². The molecule has 1 unspecified atom stereocenters. The molecule has 24 heavy (non-hydrogen) atoms. The molecule has 0 saturated carbocycles. The molecule has 1 heterocycles. The highest BCUT2D eigenvalue weighted by Gasteiger charge is 2.20. The lowest BCUT2D eigenvalue weighted by molar-refractivity contribution is 0.192. The van der Waals surface area contributed by atoms with Crippen molar-refractivity contribution in [1.29, 1.82) is 0 Å². The number of pyridine rings is 1. The van der Waals surface area contributed by atoms with Crippen LogP contribution >= 0.6 is 0 Å². The van der Waals surface area contributed by atoms with Gasteiger partial charge in [-0.1, -0.05) is 30.3 Å². The van der Waals surface area contributed by atoms with Crippen molar-refractivity contribution >= 4 is 6.03 Å². The van der Waals surface area contributed by atoms with Gasteiger partial charge >= 0.3 is 6.03 Å². The van der Waals surface area contributed by atoms with Gasteiger partial charge in [0.15, 0.2) is 0 Å². The van der Waals surface area contributed by atoms with Crippen LogP contribution in [0.2, 0.25) is 0 Å². The van der Waals surface area contributed by atoms with Crippen LogP contribution in [0.25, 0.3) is 0 Å². The summed E-state index contributed by atoms with van der Waals surface area (Å²) < 4.78 is 0. The lowest BCUT2D eigenvalue weighted by Crippen LogP contribution is -2.44. The van der Waals surface area contributed by atoms with Gasteiger partial charge in [0, 0.05) is 32.0 Å². The van der Waals surface area contributed by atoms with Crippen LogP contribution in [0.3, 0.4) is 0 Å². The van der Waals surface area contributed by atoms with E-state index in [1.807, 2.05) is 68.4 Å². The van der Waals surface area contributed by atoms with E-state index >= 15 is 0 Å². The van der Waals surface area contributed by atoms with Gasteiger partial charge in [-0.2, -0.15) is 0 Å². The van der Waals surface area contributed by atoms with Gasteiger partial charge in [-0.3, -0.25) is 4.98 Å². The van der Waals surface area contributed by atoms with Crippen LogP contribution in [0.5, 0.6) is 0 Å². The first-order valence-corrected chi connectivity index (χ1v) is 8.27. The average Bonchev–Trinajstić information content (AvgIpc) is 2.61. The van der Waals surface area contributed by atoms with Crippen LogP contribution in [0.1, 0.15) is 24.1 Å². The fraction of sp³-hybridized carbons (Fsp3) is 0.368. The minimum absolute atomic E-state index is 0.0509. The number of hydrogen-bond acceptors (Lipinski definition) is 3. The van der Waals surface area contributed by atoms with Crippen molar-refractivity contribution in [2.45, 2.75) is 13.0 Å². The van der Waals surface area contributed by atoms with Gasteiger partial charge in [-0.25, -0.2) is 4.79 Å². The van der Waals surface area contributed by atoms with Gasteiger partial charge in [0.05, 0.1) is 6.04 Å². The third kappa shape index (κ3) is 5.06. The number of carbonyl (C=O) groups excluding carboxylic acids is 1. The standard InChI is InChI=1S/C19H26N4O/c1-4-23(15-14-22(2)3)19(24)21-18(16-8-6-5-7-9-16)17-10-12-20-13-11-17/h5-13,18H,4,14-15H2,1-3H3,(H,21,24). The Morgan fingerprint density at radius 1 is 1.04 bits per heavy atom. The van der Waals surface area contributed by atoms with Crippen molar-refractivity contribution in [2.24, 2.45) is 0 Å². The molecule has 2 amide bonds. The Balaban J connectivity index is 2.17. The second-order valence-electron chi connectivity index (χ2n) is 5.96. The summed E-state index contributed by atoms with van der Waals surface area (Å²) in [6.45, 7) is 4.22. The van der Waals surface area contributed by atoms with Crippen molar-refractivity contribution in [3.63, 3.8) is 0 Å². The first-order chi connectivity index (χ1) is 11.6. The number of nitrogens with one attached hydrogen (secondary N) is 1. The summed E-state index contributed by atoms with van der Waals surface area (Å²) in [4.78, 5) is 20.7. The monoisotopic (exact) mass is 326 g/mol. The van der Waals surface area contributed by atoms with E-state index in [0.29, 0.717) is 13.1 Å². The first-order valence-electron chi connectivity index (χ1n) is 8.27. The predicted octanol–water partition coefficient (Wildman–Crippen LogP) is 2.76. The molecule has 1 atom stereocenters. The molecule has 5 heteroatoms. The second kappa shape index (κ2) is 9.03. The molecular weight excluding hydrogens is 300 g/mol. The van der Waals surface area contributed by atoms with Gasteiger partial charge in [0.2, 0.25) is 0 Å². The van der Waals surface area contributed by atoms with Gasteiger partial charge < -0.3 is 15.1 Å². The average molecular weight is 326 g/mol. The van der Waals surface area contributed by atoms with Gasteiger partial charge in [0.1, 0.15) is 0 Å². The molecule has 1 aromatic carbocycles. The highest BCUT2D eigenvalue weighted by atomic mass is 16.2. The summed E-state index contributed by atoms with van der Waals surface area (Å²) in [5, 5.41) is 3.17. The topological polar surface area (TPSA) is 48.5 Å². The van der Waals surface area contributed by atoms with Gasteiger partial charge in [-0.15, -0.1) is 0 Å². The van der Waals surface area contributed by atoms with Crippen LogP contribution in [-0.2, 0) is 0 Å². The lowest BCUT2D eigenvalue weighted by atomic mass is 10.00. The summed E-state index contributed by atoms with van der Waals surface area (Å²) in [6, 6.07) is 13.6. The molecule has 5 nitrogen and oxygen atoms in total. The largest absolute Gasteiger partial charge is 0.327 e. The van der Waals surface area contributed by atoms with Gasteiger partial charge in [-0.05, 0) is 44.3 Å². The van der Waals surface area contributed by atoms with Crippen LogP contribution in [0, 0.1) is 0 Å². The molecule has 128 valence electrons. The maximum absolute atomic E-state index is 12.7. The number of likely N-dealkylation sites (N-methyl/N-ethyl adjacent to an activating group) is 2. The third-order valence-electron chi connectivity index (χ3n) is 3.93. The summed E-state index contributed by atoms with van der Waals surface area (Å²) in [6.07, 6.45) is 3.50. The first kappa shape index (κ1) is 17.9. The van der Waals surface area contributed by atoms with E-state index < -0.39 is 0 Å². The second-order valence-corrected chi connectivity index (χ2v) is 5.96. The zero-order valence-corrected chi connectivity index (χ0v) is 14.6. The fourth-order valence-electron chi connectivity index (χ4n) is 2.50. The molecule has 0 radical (unpaired) electrons. The Labute approximate surface area is 144 Å². The van der Waals surface area contributed by atoms with E-state index in [0.717, 1.165) is 17.7 Å². The lowest BCUT2D eigenvalue weighted by Gasteiger charge is -2.27. The number of hydrogen-bond donors (Lipinski definition) is 1. The van der Waals surface area contributed by atoms with Crippen molar-refractivity contribution in [3.05, 3.63) is 66.0 Å². The predicted molar refractivity (Wildman–Crippen MR) is 96.9 cm³/mol. The maximum Gasteiger partial charge on any atom is 0.318 e. The number of nitrogens with zero attached hydrogens (tertiary/aromatic N) is 3. The molecule has 0 spiro atoms. The van der Waals surface area contributed by atoms with Crippen LogP contribution < -0.4 is 5.32 Å². The normalized spacial score (nSPS) is 12.0. The number of aromatic nitrogens is 1. The fourth-order valence-corrected chi connectivity index (χ4v) is 2.50. The number of rotatable bonds is 7. The van der Waals surface area contributed by atoms with Crippen LogP contribution in [0.4, 0.5) is 4.79 Å². The van der Waals surface area contributed by atoms with Crippen LogP contribution in [0.15, 0.2) is 54.9 Å².